The molecule has 0 bridgehead atoms. The maximum absolute atomic E-state index is 12.1. The van der Waals surface area contributed by atoms with Crippen molar-refractivity contribution in [2.45, 2.75) is 32.7 Å². The lowest BCUT2D eigenvalue weighted by molar-refractivity contribution is -0.132. The molecule has 1 aliphatic heterocycles. The zero-order chi connectivity index (χ0) is 13.0. The first-order chi connectivity index (χ1) is 8.66. The van der Waals surface area contributed by atoms with Crippen LogP contribution in [0, 0.1) is 12.8 Å². The fourth-order valence-electron chi connectivity index (χ4n) is 2.25. The summed E-state index contributed by atoms with van der Waals surface area (Å²) in [6.45, 7) is 4.16. The van der Waals surface area contributed by atoms with Gasteiger partial charge in [-0.15, -0.1) is 0 Å². The SMILES string of the molecule is Cc1[nH]ncc1CN(C)C(=O)C[C@@H]1CCCOC1. The van der Waals surface area contributed by atoms with Gasteiger partial charge in [-0.3, -0.25) is 9.89 Å². The van der Waals surface area contributed by atoms with Crippen LogP contribution >= 0.6 is 0 Å². The lowest BCUT2D eigenvalue weighted by atomic mass is 9.98. The minimum absolute atomic E-state index is 0.186. The molecule has 5 heteroatoms. The zero-order valence-corrected chi connectivity index (χ0v) is 11.1. The molecule has 5 nitrogen and oxygen atoms in total. The quantitative estimate of drug-likeness (QED) is 0.882. The second-order valence-electron chi connectivity index (χ2n) is 5.06. The molecule has 1 aromatic heterocycles. The topological polar surface area (TPSA) is 58.2 Å². The van der Waals surface area contributed by atoms with Crippen molar-refractivity contribution < 1.29 is 9.53 Å². The standard InChI is InChI=1S/C13H21N3O2/c1-10-12(7-14-15-10)8-16(2)13(17)6-11-4-3-5-18-9-11/h7,11H,3-6,8-9H2,1-2H3,(H,14,15)/t11-/m0/s1. The number of nitrogens with zero attached hydrogens (tertiary/aromatic N) is 2. The second kappa shape index (κ2) is 6.00. The Balaban J connectivity index is 1.83. The van der Waals surface area contributed by atoms with Crippen molar-refractivity contribution >= 4 is 5.91 Å². The smallest absolute Gasteiger partial charge is 0.222 e. The van der Waals surface area contributed by atoms with Crippen LogP contribution in [-0.4, -0.2) is 41.3 Å². The Hall–Kier alpha value is -1.36. The Morgan fingerprint density at radius 3 is 3.11 bits per heavy atom. The van der Waals surface area contributed by atoms with E-state index in [-0.39, 0.29) is 5.91 Å². The zero-order valence-electron chi connectivity index (χ0n) is 11.1. The summed E-state index contributed by atoms with van der Waals surface area (Å²) < 4.78 is 5.40. The fraction of sp³-hybridized carbons (Fsp3) is 0.692. The van der Waals surface area contributed by atoms with Gasteiger partial charge in [-0.2, -0.15) is 5.10 Å². The first-order valence-corrected chi connectivity index (χ1v) is 6.47. The lowest BCUT2D eigenvalue weighted by Gasteiger charge is -2.24. The first kappa shape index (κ1) is 13.1. The van der Waals surface area contributed by atoms with Gasteiger partial charge in [-0.1, -0.05) is 0 Å². The Kier molecular flexibility index (Phi) is 4.36. The number of nitrogens with one attached hydrogen (secondary N) is 1. The Morgan fingerprint density at radius 1 is 1.67 bits per heavy atom. The molecule has 100 valence electrons. The van der Waals surface area contributed by atoms with Crippen LogP contribution in [0.4, 0.5) is 0 Å². The van der Waals surface area contributed by atoms with Gasteiger partial charge in [0.05, 0.1) is 6.20 Å². The van der Waals surface area contributed by atoms with Crippen molar-refractivity contribution in [3.63, 3.8) is 0 Å². The molecule has 0 spiro atoms. The molecule has 1 aliphatic rings. The van der Waals surface area contributed by atoms with Gasteiger partial charge in [0.1, 0.15) is 0 Å². The first-order valence-electron chi connectivity index (χ1n) is 6.47. The molecular weight excluding hydrogens is 230 g/mol. The van der Waals surface area contributed by atoms with Crippen molar-refractivity contribution in [1.29, 1.82) is 0 Å². The summed E-state index contributed by atoms with van der Waals surface area (Å²) >= 11 is 0. The minimum atomic E-state index is 0.186. The Morgan fingerprint density at radius 2 is 2.50 bits per heavy atom. The number of rotatable bonds is 4. The Bertz CT molecular complexity index is 397. The third kappa shape index (κ3) is 3.32. The third-order valence-electron chi connectivity index (χ3n) is 3.49. The lowest BCUT2D eigenvalue weighted by Crippen LogP contribution is -2.30. The van der Waals surface area contributed by atoms with E-state index in [0.29, 0.717) is 18.9 Å². The van der Waals surface area contributed by atoms with Crippen LogP contribution in [-0.2, 0) is 16.1 Å². The molecular formula is C13H21N3O2. The van der Waals surface area contributed by atoms with Gasteiger partial charge >= 0.3 is 0 Å². The fourth-order valence-corrected chi connectivity index (χ4v) is 2.25. The molecule has 18 heavy (non-hydrogen) atoms. The van der Waals surface area contributed by atoms with Crippen LogP contribution in [0.3, 0.4) is 0 Å². The van der Waals surface area contributed by atoms with Crippen LogP contribution in [0.5, 0.6) is 0 Å². The van der Waals surface area contributed by atoms with Gasteiger partial charge in [-0.05, 0) is 25.7 Å². The molecule has 0 unspecified atom stereocenters. The van der Waals surface area contributed by atoms with E-state index in [1.807, 2.05) is 14.0 Å². The molecule has 2 heterocycles. The van der Waals surface area contributed by atoms with E-state index in [4.69, 9.17) is 4.74 Å². The summed E-state index contributed by atoms with van der Waals surface area (Å²) in [6.07, 6.45) is 4.54. The summed E-state index contributed by atoms with van der Waals surface area (Å²) in [6, 6.07) is 0. The highest BCUT2D eigenvalue weighted by Crippen LogP contribution is 2.18. The monoisotopic (exact) mass is 251 g/mol. The highest BCUT2D eigenvalue weighted by molar-refractivity contribution is 5.76. The minimum Gasteiger partial charge on any atom is -0.381 e. The number of aromatic amines is 1. The highest BCUT2D eigenvalue weighted by Gasteiger charge is 2.20. The number of carbonyl (C=O) groups excluding carboxylic acids is 1. The van der Waals surface area contributed by atoms with Crippen molar-refractivity contribution in [3.05, 3.63) is 17.5 Å². The summed E-state index contributed by atoms with van der Waals surface area (Å²) in [5, 5.41) is 6.85. The Labute approximate surface area is 108 Å². The average molecular weight is 251 g/mol. The van der Waals surface area contributed by atoms with E-state index < -0.39 is 0 Å². The second-order valence-corrected chi connectivity index (χ2v) is 5.06. The van der Waals surface area contributed by atoms with Crippen LogP contribution in [0.2, 0.25) is 0 Å². The summed E-state index contributed by atoms with van der Waals surface area (Å²) in [7, 11) is 1.85. The summed E-state index contributed by atoms with van der Waals surface area (Å²) in [5.74, 6) is 0.574. The number of aryl methyl sites for hydroxylation is 1. The molecule has 1 fully saturated rings. The molecule has 1 saturated heterocycles. The molecule has 1 N–H and O–H groups in total. The number of H-pyrrole nitrogens is 1. The number of hydrogen-bond donors (Lipinski definition) is 1. The third-order valence-corrected chi connectivity index (χ3v) is 3.49. The average Bonchev–Trinajstić information content (AvgIpc) is 2.76. The van der Waals surface area contributed by atoms with Crippen molar-refractivity contribution in [1.82, 2.24) is 15.1 Å². The maximum Gasteiger partial charge on any atom is 0.222 e. The van der Waals surface area contributed by atoms with E-state index in [1.165, 1.54) is 0 Å². The molecule has 0 saturated carbocycles. The van der Waals surface area contributed by atoms with Crippen molar-refractivity contribution in [3.8, 4) is 0 Å². The van der Waals surface area contributed by atoms with Crippen molar-refractivity contribution in [2.75, 3.05) is 20.3 Å². The number of amides is 1. The van der Waals surface area contributed by atoms with Crippen molar-refractivity contribution in [2.24, 2.45) is 5.92 Å². The van der Waals surface area contributed by atoms with Gasteiger partial charge < -0.3 is 9.64 Å². The summed E-state index contributed by atoms with van der Waals surface area (Å²) in [4.78, 5) is 13.9. The van der Waals surface area contributed by atoms with E-state index >= 15 is 0 Å². The number of ether oxygens (including phenoxy) is 1. The van der Waals surface area contributed by atoms with Crippen LogP contribution < -0.4 is 0 Å². The largest absolute Gasteiger partial charge is 0.381 e. The van der Waals surface area contributed by atoms with Crippen LogP contribution in [0.15, 0.2) is 6.20 Å². The van der Waals surface area contributed by atoms with Crippen LogP contribution in [0.1, 0.15) is 30.5 Å². The number of carbonyl (C=O) groups is 1. The van der Waals surface area contributed by atoms with E-state index in [9.17, 15) is 4.79 Å². The summed E-state index contributed by atoms with van der Waals surface area (Å²) in [5.41, 5.74) is 2.10. The van der Waals surface area contributed by atoms with Gasteiger partial charge in [-0.25, -0.2) is 0 Å². The van der Waals surface area contributed by atoms with E-state index in [0.717, 1.165) is 37.3 Å². The van der Waals surface area contributed by atoms with E-state index in [2.05, 4.69) is 10.2 Å². The van der Waals surface area contributed by atoms with E-state index in [1.54, 1.807) is 11.1 Å². The van der Waals surface area contributed by atoms with Crippen LogP contribution in [0.25, 0.3) is 0 Å². The maximum atomic E-state index is 12.1. The van der Waals surface area contributed by atoms with Gasteiger partial charge in [0.15, 0.2) is 0 Å². The predicted molar refractivity (Wildman–Crippen MR) is 68.0 cm³/mol. The van der Waals surface area contributed by atoms with Gasteiger partial charge in [0.25, 0.3) is 0 Å². The predicted octanol–water partition coefficient (Wildman–Crippen LogP) is 1.49. The normalized spacial score (nSPS) is 19.8. The number of hydrogen-bond acceptors (Lipinski definition) is 3. The molecule has 1 aromatic rings. The molecule has 0 aliphatic carbocycles. The van der Waals surface area contributed by atoms with Gasteiger partial charge in [0, 0.05) is 44.5 Å². The molecule has 1 atom stereocenters. The molecule has 2 rings (SSSR count). The number of aromatic nitrogens is 2. The molecule has 0 radical (unpaired) electrons. The highest BCUT2D eigenvalue weighted by atomic mass is 16.5. The molecule has 0 aromatic carbocycles. The van der Waals surface area contributed by atoms with Gasteiger partial charge in [0.2, 0.25) is 5.91 Å². The molecule has 1 amide bonds.